The van der Waals surface area contributed by atoms with E-state index in [-0.39, 0.29) is 5.69 Å². The van der Waals surface area contributed by atoms with Crippen molar-refractivity contribution in [3.8, 4) is 0 Å². The molecule has 10 heavy (non-hydrogen) atoms. The van der Waals surface area contributed by atoms with Crippen LogP contribution in [0.2, 0.25) is 0 Å². The summed E-state index contributed by atoms with van der Waals surface area (Å²) >= 11 is 0. The fraction of sp³-hybridized carbons (Fsp3) is 0.333. The summed E-state index contributed by atoms with van der Waals surface area (Å²) in [4.78, 5) is 6.75. The lowest BCUT2D eigenvalue weighted by molar-refractivity contribution is 0.0126. The van der Waals surface area contributed by atoms with E-state index >= 15 is 0 Å². The number of hydrogen-bond acceptors (Lipinski definition) is 2. The summed E-state index contributed by atoms with van der Waals surface area (Å²) in [5.74, 6) is -2.89. The first-order chi connectivity index (χ1) is 4.61. The minimum absolute atomic E-state index is 0.303. The highest BCUT2D eigenvalue weighted by molar-refractivity contribution is 5.03. The van der Waals surface area contributed by atoms with Crippen LogP contribution in [0.25, 0.3) is 0 Å². The second kappa shape index (κ2) is 2.28. The van der Waals surface area contributed by atoms with Crippen LogP contribution in [-0.2, 0) is 5.92 Å². The normalized spacial score (nSPS) is 11.5. The SMILES string of the molecule is CC(F)(F)c1c[c]ncn1. The molecule has 0 aliphatic carbocycles. The number of hydrogen-bond donors (Lipinski definition) is 0. The van der Waals surface area contributed by atoms with Gasteiger partial charge in [-0.15, -0.1) is 0 Å². The highest BCUT2D eigenvalue weighted by Crippen LogP contribution is 2.23. The van der Waals surface area contributed by atoms with Crippen molar-refractivity contribution >= 4 is 0 Å². The van der Waals surface area contributed by atoms with Crippen molar-refractivity contribution in [1.82, 2.24) is 9.97 Å². The average molecular weight is 143 g/mol. The van der Waals surface area contributed by atoms with E-state index in [0.29, 0.717) is 0 Å². The molecule has 0 atom stereocenters. The van der Waals surface area contributed by atoms with Gasteiger partial charge in [-0.3, -0.25) is 0 Å². The number of aromatic nitrogens is 2. The van der Waals surface area contributed by atoms with Gasteiger partial charge in [0.1, 0.15) is 12.0 Å². The van der Waals surface area contributed by atoms with Crippen LogP contribution < -0.4 is 0 Å². The zero-order chi connectivity index (χ0) is 7.61. The number of halogens is 2. The van der Waals surface area contributed by atoms with Crippen molar-refractivity contribution < 1.29 is 8.78 Å². The molecule has 0 unspecified atom stereocenters. The predicted molar refractivity (Wildman–Crippen MR) is 30.4 cm³/mol. The van der Waals surface area contributed by atoms with Crippen LogP contribution in [0.5, 0.6) is 0 Å². The van der Waals surface area contributed by atoms with E-state index in [1.807, 2.05) is 0 Å². The molecule has 0 saturated heterocycles. The Morgan fingerprint density at radius 3 is 2.60 bits per heavy atom. The first kappa shape index (κ1) is 7.05. The number of rotatable bonds is 1. The van der Waals surface area contributed by atoms with Crippen LogP contribution in [-0.4, -0.2) is 9.97 Å². The van der Waals surface area contributed by atoms with Crippen molar-refractivity contribution in [1.29, 1.82) is 0 Å². The fourth-order valence-electron chi connectivity index (χ4n) is 0.500. The molecule has 1 heterocycles. The molecule has 0 aliphatic heterocycles. The van der Waals surface area contributed by atoms with Gasteiger partial charge in [0.2, 0.25) is 0 Å². The van der Waals surface area contributed by atoms with Crippen molar-refractivity contribution in [2.45, 2.75) is 12.8 Å². The molecule has 0 fully saturated rings. The monoisotopic (exact) mass is 143 g/mol. The minimum atomic E-state index is -2.89. The molecule has 53 valence electrons. The molecule has 0 spiro atoms. The zero-order valence-corrected chi connectivity index (χ0v) is 5.31. The van der Waals surface area contributed by atoms with Gasteiger partial charge in [-0.2, -0.15) is 8.78 Å². The third-order valence-corrected chi connectivity index (χ3v) is 0.980. The van der Waals surface area contributed by atoms with Crippen molar-refractivity contribution in [3.63, 3.8) is 0 Å². The molecule has 1 radical (unpaired) electrons. The van der Waals surface area contributed by atoms with Crippen LogP contribution in [0.1, 0.15) is 12.6 Å². The third kappa shape index (κ3) is 1.46. The molecule has 2 nitrogen and oxygen atoms in total. The van der Waals surface area contributed by atoms with Gasteiger partial charge in [-0.1, -0.05) is 0 Å². The molecule has 0 aliphatic rings. The molecular formula is C6H5F2N2. The Bertz CT molecular complexity index is 205. The summed E-state index contributed by atoms with van der Waals surface area (Å²) in [7, 11) is 0. The van der Waals surface area contributed by atoms with Crippen molar-refractivity contribution in [2.75, 3.05) is 0 Å². The van der Waals surface area contributed by atoms with Gasteiger partial charge < -0.3 is 0 Å². The van der Waals surface area contributed by atoms with Crippen molar-refractivity contribution in [2.24, 2.45) is 0 Å². The highest BCUT2D eigenvalue weighted by Gasteiger charge is 2.25. The Labute approximate surface area is 56.9 Å². The second-order valence-corrected chi connectivity index (χ2v) is 1.92. The molecule has 0 aromatic carbocycles. The van der Waals surface area contributed by atoms with Gasteiger partial charge >= 0.3 is 0 Å². The zero-order valence-electron chi connectivity index (χ0n) is 5.31. The number of alkyl halides is 2. The summed E-state index contributed by atoms with van der Waals surface area (Å²) in [6, 6.07) is 1.07. The molecule has 0 bridgehead atoms. The van der Waals surface area contributed by atoms with Gasteiger partial charge in [0.25, 0.3) is 5.92 Å². The maximum atomic E-state index is 12.3. The summed E-state index contributed by atoms with van der Waals surface area (Å²) in [5.41, 5.74) is -0.303. The average Bonchev–Trinajstić information content (AvgIpc) is 1.88. The first-order valence-corrected chi connectivity index (χ1v) is 2.67. The van der Waals surface area contributed by atoms with Gasteiger partial charge in [-0.05, 0) is 6.07 Å². The topological polar surface area (TPSA) is 25.8 Å². The van der Waals surface area contributed by atoms with Gasteiger partial charge in [-0.25, -0.2) is 9.97 Å². The molecular weight excluding hydrogens is 138 g/mol. The van der Waals surface area contributed by atoms with E-state index in [4.69, 9.17) is 0 Å². The van der Waals surface area contributed by atoms with E-state index in [0.717, 1.165) is 19.3 Å². The van der Waals surface area contributed by atoms with E-state index in [1.165, 1.54) is 0 Å². The first-order valence-electron chi connectivity index (χ1n) is 2.67. The largest absolute Gasteiger partial charge is 0.287 e. The van der Waals surface area contributed by atoms with Gasteiger partial charge in [0, 0.05) is 6.92 Å². The van der Waals surface area contributed by atoms with Crippen molar-refractivity contribution in [3.05, 3.63) is 24.3 Å². The molecule has 0 amide bonds. The van der Waals surface area contributed by atoms with E-state index in [1.54, 1.807) is 0 Å². The fourth-order valence-corrected chi connectivity index (χ4v) is 0.500. The lowest BCUT2D eigenvalue weighted by Gasteiger charge is -2.06. The quantitative estimate of drug-likeness (QED) is 0.593. The summed E-state index contributed by atoms with van der Waals surface area (Å²) in [5, 5.41) is 0. The van der Waals surface area contributed by atoms with E-state index < -0.39 is 5.92 Å². The Kier molecular flexibility index (Phi) is 1.61. The highest BCUT2D eigenvalue weighted by atomic mass is 19.3. The lowest BCUT2D eigenvalue weighted by atomic mass is 10.3. The minimum Gasteiger partial charge on any atom is -0.235 e. The predicted octanol–water partition coefficient (Wildman–Crippen LogP) is 1.39. The Balaban J connectivity index is 2.97. The van der Waals surface area contributed by atoms with E-state index in [9.17, 15) is 8.78 Å². The number of nitrogens with zero attached hydrogens (tertiary/aromatic N) is 2. The molecule has 4 heteroatoms. The van der Waals surface area contributed by atoms with E-state index in [2.05, 4.69) is 16.2 Å². The Hall–Kier alpha value is -1.06. The molecule has 0 saturated carbocycles. The molecule has 1 aromatic rings. The standard InChI is InChI=1S/C6H5F2N2/c1-6(7,8)5-2-3-9-4-10-5/h2,4H,1H3. The van der Waals surface area contributed by atoms with Gasteiger partial charge in [0.05, 0.1) is 6.20 Å². The van der Waals surface area contributed by atoms with Crippen LogP contribution in [0.15, 0.2) is 12.4 Å². The molecule has 0 N–H and O–H groups in total. The van der Waals surface area contributed by atoms with Gasteiger partial charge in [0.15, 0.2) is 0 Å². The smallest absolute Gasteiger partial charge is 0.235 e. The third-order valence-electron chi connectivity index (χ3n) is 0.980. The molecule has 1 rings (SSSR count). The lowest BCUT2D eigenvalue weighted by Crippen LogP contribution is -2.09. The molecule has 1 aromatic heterocycles. The maximum Gasteiger partial charge on any atom is 0.287 e. The maximum absolute atomic E-state index is 12.3. The van der Waals surface area contributed by atoms with Crippen LogP contribution in [0, 0.1) is 6.20 Å². The van der Waals surface area contributed by atoms with Crippen LogP contribution >= 0.6 is 0 Å². The summed E-state index contributed by atoms with van der Waals surface area (Å²) in [6.07, 6.45) is 3.32. The second-order valence-electron chi connectivity index (χ2n) is 1.92. The Morgan fingerprint density at radius 1 is 1.60 bits per heavy atom. The summed E-state index contributed by atoms with van der Waals surface area (Å²) in [6.45, 7) is 0.781. The summed E-state index contributed by atoms with van der Waals surface area (Å²) < 4.78 is 24.7. The van der Waals surface area contributed by atoms with Crippen LogP contribution in [0.3, 0.4) is 0 Å². The Morgan fingerprint density at radius 2 is 2.30 bits per heavy atom. The van der Waals surface area contributed by atoms with Crippen LogP contribution in [0.4, 0.5) is 8.78 Å².